The molecule has 0 aliphatic heterocycles. The van der Waals surface area contributed by atoms with Crippen molar-refractivity contribution < 1.29 is 4.79 Å². The predicted molar refractivity (Wildman–Crippen MR) is 88.4 cm³/mol. The van der Waals surface area contributed by atoms with E-state index in [9.17, 15) is 4.79 Å². The number of primary amides is 1. The molecular formula is C15H17ClN4O. The summed E-state index contributed by atoms with van der Waals surface area (Å²) < 4.78 is 0. The van der Waals surface area contributed by atoms with Crippen molar-refractivity contribution in [2.45, 2.75) is 0 Å². The van der Waals surface area contributed by atoms with Crippen molar-refractivity contribution in [2.75, 3.05) is 30.0 Å². The lowest BCUT2D eigenvalue weighted by molar-refractivity contribution is 0.100. The van der Waals surface area contributed by atoms with Crippen molar-refractivity contribution in [1.29, 1.82) is 0 Å². The Balaban J connectivity index is 2.44. The van der Waals surface area contributed by atoms with Crippen LogP contribution in [0.4, 0.5) is 22.7 Å². The van der Waals surface area contributed by atoms with Gasteiger partial charge in [-0.2, -0.15) is 0 Å². The van der Waals surface area contributed by atoms with E-state index in [1.807, 2.05) is 43.3 Å². The van der Waals surface area contributed by atoms with Gasteiger partial charge in [0.15, 0.2) is 0 Å². The van der Waals surface area contributed by atoms with Crippen LogP contribution in [0.25, 0.3) is 0 Å². The summed E-state index contributed by atoms with van der Waals surface area (Å²) in [4.78, 5) is 13.5. The Bertz CT molecular complexity index is 685. The molecule has 2 rings (SSSR count). The second-order valence-electron chi connectivity index (χ2n) is 4.86. The molecule has 5 nitrogen and oxygen atoms in total. The molecule has 0 spiro atoms. The zero-order chi connectivity index (χ0) is 15.6. The lowest BCUT2D eigenvalue weighted by atomic mass is 10.1. The minimum absolute atomic E-state index is 0.259. The highest BCUT2D eigenvalue weighted by Gasteiger charge is 2.14. The van der Waals surface area contributed by atoms with Crippen molar-refractivity contribution in [3.63, 3.8) is 0 Å². The molecule has 0 unspecified atom stereocenters. The van der Waals surface area contributed by atoms with Crippen molar-refractivity contribution >= 4 is 40.3 Å². The van der Waals surface area contributed by atoms with Gasteiger partial charge in [-0.1, -0.05) is 17.7 Å². The molecule has 5 N–H and O–H groups in total. The maximum atomic E-state index is 11.6. The Morgan fingerprint density at radius 3 is 2.57 bits per heavy atom. The minimum atomic E-state index is -0.588. The van der Waals surface area contributed by atoms with Gasteiger partial charge in [0.25, 0.3) is 5.91 Å². The maximum Gasteiger partial charge on any atom is 0.250 e. The van der Waals surface area contributed by atoms with Crippen LogP contribution >= 0.6 is 11.6 Å². The first-order chi connectivity index (χ1) is 9.88. The molecule has 0 saturated carbocycles. The number of rotatable bonds is 4. The van der Waals surface area contributed by atoms with Crippen LogP contribution < -0.4 is 21.7 Å². The fraction of sp³-hybridized carbons (Fsp3) is 0.133. The molecule has 110 valence electrons. The molecule has 0 radical (unpaired) electrons. The number of nitrogens with zero attached hydrogens (tertiary/aromatic N) is 1. The normalized spacial score (nSPS) is 10.2. The molecule has 1 amide bonds. The molecule has 0 atom stereocenters. The number of nitrogens with one attached hydrogen (secondary N) is 1. The SMILES string of the molecule is CN(C)c1cccc(Nc2c(Cl)cc(N)cc2C(N)=O)c1. The number of anilines is 4. The average molecular weight is 305 g/mol. The fourth-order valence-electron chi connectivity index (χ4n) is 1.96. The van der Waals surface area contributed by atoms with E-state index < -0.39 is 5.91 Å². The molecular weight excluding hydrogens is 288 g/mol. The lowest BCUT2D eigenvalue weighted by Gasteiger charge is -2.16. The van der Waals surface area contributed by atoms with Gasteiger partial charge >= 0.3 is 0 Å². The van der Waals surface area contributed by atoms with Crippen LogP contribution in [0, 0.1) is 0 Å². The van der Waals surface area contributed by atoms with Gasteiger partial charge in [0.2, 0.25) is 0 Å². The van der Waals surface area contributed by atoms with Crippen LogP contribution in [-0.2, 0) is 0 Å². The van der Waals surface area contributed by atoms with E-state index >= 15 is 0 Å². The van der Waals surface area contributed by atoms with Gasteiger partial charge < -0.3 is 21.7 Å². The summed E-state index contributed by atoms with van der Waals surface area (Å²) in [5.41, 5.74) is 14.0. The molecule has 2 aromatic carbocycles. The lowest BCUT2D eigenvalue weighted by Crippen LogP contribution is -2.14. The van der Waals surface area contributed by atoms with Gasteiger partial charge in [0, 0.05) is 31.2 Å². The Kier molecular flexibility index (Phi) is 4.23. The monoisotopic (exact) mass is 304 g/mol. The second kappa shape index (κ2) is 5.93. The number of carbonyl (C=O) groups excluding carboxylic acids is 1. The molecule has 0 saturated heterocycles. The summed E-state index contributed by atoms with van der Waals surface area (Å²) in [5.74, 6) is -0.588. The Hall–Kier alpha value is -2.40. The van der Waals surface area contributed by atoms with E-state index in [1.54, 1.807) is 6.07 Å². The summed E-state index contributed by atoms with van der Waals surface area (Å²) in [7, 11) is 3.90. The zero-order valence-corrected chi connectivity index (χ0v) is 12.6. The molecule has 0 heterocycles. The van der Waals surface area contributed by atoms with Crippen molar-refractivity contribution in [2.24, 2.45) is 5.73 Å². The molecule has 21 heavy (non-hydrogen) atoms. The van der Waals surface area contributed by atoms with Crippen molar-refractivity contribution in [3.05, 3.63) is 47.0 Å². The van der Waals surface area contributed by atoms with Gasteiger partial charge in [0.05, 0.1) is 16.3 Å². The van der Waals surface area contributed by atoms with E-state index in [0.29, 0.717) is 16.4 Å². The summed E-state index contributed by atoms with van der Waals surface area (Å²) in [6.07, 6.45) is 0. The van der Waals surface area contributed by atoms with E-state index in [1.165, 1.54) is 6.07 Å². The smallest absolute Gasteiger partial charge is 0.250 e. The highest BCUT2D eigenvalue weighted by Crippen LogP contribution is 2.32. The first kappa shape index (κ1) is 15.0. The quantitative estimate of drug-likeness (QED) is 0.758. The summed E-state index contributed by atoms with van der Waals surface area (Å²) in [6.45, 7) is 0. The average Bonchev–Trinajstić information content (AvgIpc) is 2.41. The summed E-state index contributed by atoms with van der Waals surface area (Å²) in [5, 5.41) is 3.48. The molecule has 2 aromatic rings. The number of halogens is 1. The third-order valence-electron chi connectivity index (χ3n) is 3.01. The highest BCUT2D eigenvalue weighted by molar-refractivity contribution is 6.34. The van der Waals surface area contributed by atoms with E-state index in [4.69, 9.17) is 23.1 Å². The van der Waals surface area contributed by atoms with Gasteiger partial charge in [-0.05, 0) is 30.3 Å². The minimum Gasteiger partial charge on any atom is -0.399 e. The van der Waals surface area contributed by atoms with Gasteiger partial charge in [-0.3, -0.25) is 4.79 Å². The van der Waals surface area contributed by atoms with Crippen LogP contribution in [0.2, 0.25) is 5.02 Å². The van der Waals surface area contributed by atoms with Gasteiger partial charge in [-0.25, -0.2) is 0 Å². The van der Waals surface area contributed by atoms with Gasteiger partial charge in [-0.15, -0.1) is 0 Å². The molecule has 0 aliphatic carbocycles. The number of nitrogens with two attached hydrogens (primary N) is 2. The maximum absolute atomic E-state index is 11.6. The van der Waals surface area contributed by atoms with Crippen LogP contribution in [-0.4, -0.2) is 20.0 Å². The number of amides is 1. The van der Waals surface area contributed by atoms with Crippen molar-refractivity contribution in [1.82, 2.24) is 0 Å². The topological polar surface area (TPSA) is 84.4 Å². The zero-order valence-electron chi connectivity index (χ0n) is 11.9. The van der Waals surface area contributed by atoms with E-state index in [2.05, 4.69) is 5.32 Å². The number of hydrogen-bond donors (Lipinski definition) is 3. The standard InChI is InChI=1S/C15H17ClN4O/c1-20(2)11-5-3-4-10(8-11)19-14-12(15(18)21)6-9(17)7-13(14)16/h3-8,19H,17H2,1-2H3,(H2,18,21). The molecule has 0 aliphatic rings. The predicted octanol–water partition coefficient (Wildman–Crippen LogP) is 2.83. The first-order valence-electron chi connectivity index (χ1n) is 6.31. The largest absolute Gasteiger partial charge is 0.399 e. The number of benzene rings is 2. The number of nitrogen functional groups attached to an aromatic ring is 1. The molecule has 0 fully saturated rings. The summed E-state index contributed by atoms with van der Waals surface area (Å²) in [6, 6.07) is 10.8. The van der Waals surface area contributed by atoms with E-state index in [0.717, 1.165) is 11.4 Å². The van der Waals surface area contributed by atoms with Crippen LogP contribution in [0.15, 0.2) is 36.4 Å². The highest BCUT2D eigenvalue weighted by atomic mass is 35.5. The third kappa shape index (κ3) is 3.38. The Morgan fingerprint density at radius 2 is 1.95 bits per heavy atom. The second-order valence-corrected chi connectivity index (χ2v) is 5.27. The van der Waals surface area contributed by atoms with Crippen molar-refractivity contribution in [3.8, 4) is 0 Å². The molecule has 6 heteroatoms. The molecule has 0 aromatic heterocycles. The Morgan fingerprint density at radius 1 is 1.24 bits per heavy atom. The van der Waals surface area contributed by atoms with Crippen LogP contribution in [0.1, 0.15) is 10.4 Å². The van der Waals surface area contributed by atoms with Crippen LogP contribution in [0.5, 0.6) is 0 Å². The van der Waals surface area contributed by atoms with Crippen LogP contribution in [0.3, 0.4) is 0 Å². The number of hydrogen-bond acceptors (Lipinski definition) is 4. The number of carbonyl (C=O) groups is 1. The molecule has 0 bridgehead atoms. The van der Waals surface area contributed by atoms with Gasteiger partial charge in [0.1, 0.15) is 0 Å². The fourth-order valence-corrected chi connectivity index (χ4v) is 2.23. The first-order valence-corrected chi connectivity index (χ1v) is 6.69. The Labute approximate surface area is 128 Å². The summed E-state index contributed by atoms with van der Waals surface area (Å²) >= 11 is 6.17. The van der Waals surface area contributed by atoms with E-state index in [-0.39, 0.29) is 5.56 Å². The third-order valence-corrected chi connectivity index (χ3v) is 3.31.